The van der Waals surface area contributed by atoms with Gasteiger partial charge in [-0.2, -0.15) is 0 Å². The third-order valence-electron chi connectivity index (χ3n) is 4.36. The van der Waals surface area contributed by atoms with Crippen molar-refractivity contribution >= 4 is 10.0 Å². The molecule has 1 atom stereocenters. The highest BCUT2D eigenvalue weighted by Crippen LogP contribution is 2.24. The van der Waals surface area contributed by atoms with E-state index in [0.717, 1.165) is 42.7 Å². The predicted molar refractivity (Wildman–Crippen MR) is 103 cm³/mol. The molecule has 1 aliphatic rings. The Balaban J connectivity index is 1.59. The number of nitrogens with one attached hydrogen (secondary N) is 2. The standard InChI is InChI=1S/C19H25N3O3S/c1-26(23,24)22-8-3-5-15-4-2-6-16(10-15)17-11-19(13-20-12-17)25-14-18-7-9-21-18/h2,4,6,10-13,18,21-22H,3,5,7-9,14H2,1H3. The van der Waals surface area contributed by atoms with Crippen molar-refractivity contribution in [2.45, 2.75) is 25.3 Å². The SMILES string of the molecule is CS(=O)(=O)NCCCc1cccc(-c2cncc(OCC3CCN3)c2)c1. The highest BCUT2D eigenvalue weighted by Gasteiger charge is 2.16. The first-order valence-electron chi connectivity index (χ1n) is 8.85. The van der Waals surface area contributed by atoms with E-state index in [1.54, 1.807) is 6.20 Å². The van der Waals surface area contributed by atoms with E-state index in [0.29, 0.717) is 19.2 Å². The molecule has 2 aromatic rings. The largest absolute Gasteiger partial charge is 0.490 e. The molecule has 0 amide bonds. The molecule has 1 aromatic carbocycles. The summed E-state index contributed by atoms with van der Waals surface area (Å²) in [4.78, 5) is 4.29. The summed E-state index contributed by atoms with van der Waals surface area (Å²) in [6, 6.07) is 10.7. The predicted octanol–water partition coefficient (Wildman–Crippen LogP) is 1.97. The van der Waals surface area contributed by atoms with Crippen molar-refractivity contribution in [2.24, 2.45) is 0 Å². The third kappa shape index (κ3) is 5.79. The highest BCUT2D eigenvalue weighted by atomic mass is 32.2. The van der Waals surface area contributed by atoms with E-state index < -0.39 is 10.0 Å². The molecule has 0 bridgehead atoms. The molecular weight excluding hydrogens is 350 g/mol. The van der Waals surface area contributed by atoms with Gasteiger partial charge in [0.05, 0.1) is 12.5 Å². The number of hydrogen-bond acceptors (Lipinski definition) is 5. The second-order valence-electron chi connectivity index (χ2n) is 6.63. The zero-order valence-corrected chi connectivity index (χ0v) is 15.8. The van der Waals surface area contributed by atoms with Crippen LogP contribution in [0.25, 0.3) is 11.1 Å². The smallest absolute Gasteiger partial charge is 0.208 e. The Bertz CT molecular complexity index is 835. The zero-order valence-electron chi connectivity index (χ0n) is 14.9. The van der Waals surface area contributed by atoms with Gasteiger partial charge in [-0.3, -0.25) is 4.98 Å². The summed E-state index contributed by atoms with van der Waals surface area (Å²) in [5.74, 6) is 0.777. The molecule has 3 rings (SSSR count). The van der Waals surface area contributed by atoms with Crippen molar-refractivity contribution in [2.75, 3.05) is 26.0 Å². The van der Waals surface area contributed by atoms with Crippen molar-refractivity contribution < 1.29 is 13.2 Å². The van der Waals surface area contributed by atoms with E-state index in [1.165, 1.54) is 11.8 Å². The second-order valence-corrected chi connectivity index (χ2v) is 8.46. The summed E-state index contributed by atoms with van der Waals surface area (Å²) in [7, 11) is -3.12. The molecule has 26 heavy (non-hydrogen) atoms. The Morgan fingerprint density at radius 2 is 2.12 bits per heavy atom. The zero-order chi connectivity index (χ0) is 18.4. The summed E-state index contributed by atoms with van der Waals surface area (Å²) >= 11 is 0. The van der Waals surface area contributed by atoms with Crippen molar-refractivity contribution in [1.29, 1.82) is 0 Å². The van der Waals surface area contributed by atoms with Crippen LogP contribution in [-0.4, -0.2) is 45.4 Å². The van der Waals surface area contributed by atoms with Gasteiger partial charge in [-0.1, -0.05) is 24.3 Å². The molecule has 2 heterocycles. The maximum absolute atomic E-state index is 11.1. The van der Waals surface area contributed by atoms with Crippen molar-refractivity contribution in [3.63, 3.8) is 0 Å². The summed E-state index contributed by atoms with van der Waals surface area (Å²) in [6.07, 6.45) is 7.47. The number of benzene rings is 1. The van der Waals surface area contributed by atoms with Crippen LogP contribution in [0.3, 0.4) is 0 Å². The number of aryl methyl sites for hydroxylation is 1. The average molecular weight is 375 g/mol. The van der Waals surface area contributed by atoms with Crippen LogP contribution in [0.4, 0.5) is 0 Å². The third-order valence-corrected chi connectivity index (χ3v) is 5.09. The van der Waals surface area contributed by atoms with E-state index in [9.17, 15) is 8.42 Å². The Kier molecular flexibility index (Phi) is 6.24. The van der Waals surface area contributed by atoms with Gasteiger partial charge in [-0.15, -0.1) is 0 Å². The lowest BCUT2D eigenvalue weighted by atomic mass is 10.0. The summed E-state index contributed by atoms with van der Waals surface area (Å²) in [5, 5.41) is 3.31. The minimum absolute atomic E-state index is 0.447. The lowest BCUT2D eigenvalue weighted by Crippen LogP contribution is -2.46. The van der Waals surface area contributed by atoms with Crippen LogP contribution in [0.2, 0.25) is 0 Å². The number of rotatable bonds is 9. The van der Waals surface area contributed by atoms with E-state index in [1.807, 2.05) is 24.4 Å². The summed E-state index contributed by atoms with van der Waals surface area (Å²) < 4.78 is 30.5. The van der Waals surface area contributed by atoms with Crippen LogP contribution in [0.5, 0.6) is 5.75 Å². The quantitative estimate of drug-likeness (QED) is 0.655. The van der Waals surface area contributed by atoms with Crippen molar-refractivity contribution in [3.8, 4) is 16.9 Å². The fourth-order valence-corrected chi connectivity index (χ4v) is 3.31. The number of pyridine rings is 1. The van der Waals surface area contributed by atoms with E-state index in [2.05, 4.69) is 27.2 Å². The molecule has 140 valence electrons. The van der Waals surface area contributed by atoms with Gasteiger partial charge in [0, 0.05) is 24.3 Å². The first kappa shape index (κ1) is 18.8. The van der Waals surface area contributed by atoms with Crippen LogP contribution in [0.1, 0.15) is 18.4 Å². The number of nitrogens with zero attached hydrogens (tertiary/aromatic N) is 1. The molecule has 7 heteroatoms. The summed E-state index contributed by atoms with van der Waals surface area (Å²) in [6.45, 7) is 2.18. The van der Waals surface area contributed by atoms with Crippen LogP contribution in [0.15, 0.2) is 42.7 Å². The van der Waals surface area contributed by atoms with Crippen LogP contribution in [0, 0.1) is 0 Å². The Morgan fingerprint density at radius 1 is 1.27 bits per heavy atom. The van der Waals surface area contributed by atoms with Gasteiger partial charge >= 0.3 is 0 Å². The maximum Gasteiger partial charge on any atom is 0.208 e. The van der Waals surface area contributed by atoms with Crippen molar-refractivity contribution in [1.82, 2.24) is 15.0 Å². The fourth-order valence-electron chi connectivity index (χ4n) is 2.80. The molecule has 1 aromatic heterocycles. The molecule has 0 spiro atoms. The number of sulfonamides is 1. The van der Waals surface area contributed by atoms with Gasteiger partial charge in [-0.05, 0) is 43.0 Å². The molecule has 1 aliphatic heterocycles. The average Bonchev–Trinajstić information content (AvgIpc) is 2.57. The van der Waals surface area contributed by atoms with Gasteiger partial charge in [0.1, 0.15) is 12.4 Å². The minimum atomic E-state index is -3.12. The van der Waals surface area contributed by atoms with Gasteiger partial charge in [0.2, 0.25) is 10.0 Å². The monoisotopic (exact) mass is 375 g/mol. The number of hydrogen-bond donors (Lipinski definition) is 2. The Labute approximate surface area is 155 Å². The molecule has 0 aliphatic carbocycles. The molecule has 1 fully saturated rings. The molecule has 2 N–H and O–H groups in total. The van der Waals surface area contributed by atoms with Gasteiger partial charge < -0.3 is 10.1 Å². The highest BCUT2D eigenvalue weighted by molar-refractivity contribution is 7.88. The fraction of sp³-hybridized carbons (Fsp3) is 0.421. The Morgan fingerprint density at radius 3 is 2.85 bits per heavy atom. The second kappa shape index (κ2) is 8.62. The first-order chi connectivity index (χ1) is 12.5. The molecular formula is C19H25N3O3S. The number of ether oxygens (including phenoxy) is 1. The van der Waals surface area contributed by atoms with Gasteiger partial charge in [-0.25, -0.2) is 13.1 Å². The molecule has 1 unspecified atom stereocenters. The van der Waals surface area contributed by atoms with Crippen molar-refractivity contribution in [3.05, 3.63) is 48.3 Å². The van der Waals surface area contributed by atoms with Gasteiger partial charge in [0.15, 0.2) is 0 Å². The minimum Gasteiger partial charge on any atom is -0.490 e. The molecule has 6 nitrogen and oxygen atoms in total. The number of aromatic nitrogens is 1. The van der Waals surface area contributed by atoms with E-state index in [4.69, 9.17) is 4.74 Å². The topological polar surface area (TPSA) is 80.3 Å². The summed E-state index contributed by atoms with van der Waals surface area (Å²) in [5.41, 5.74) is 3.27. The normalized spacial score (nSPS) is 16.9. The Hall–Kier alpha value is -1.96. The maximum atomic E-state index is 11.1. The molecule has 1 saturated heterocycles. The lowest BCUT2D eigenvalue weighted by Gasteiger charge is -2.27. The lowest BCUT2D eigenvalue weighted by molar-refractivity contribution is 0.217. The van der Waals surface area contributed by atoms with Gasteiger partial charge in [0.25, 0.3) is 0 Å². The first-order valence-corrected chi connectivity index (χ1v) is 10.7. The van der Waals surface area contributed by atoms with E-state index in [-0.39, 0.29) is 0 Å². The van der Waals surface area contributed by atoms with Crippen LogP contribution >= 0.6 is 0 Å². The van der Waals surface area contributed by atoms with Crippen LogP contribution in [-0.2, 0) is 16.4 Å². The van der Waals surface area contributed by atoms with Crippen LogP contribution < -0.4 is 14.8 Å². The molecule has 0 saturated carbocycles. The van der Waals surface area contributed by atoms with E-state index >= 15 is 0 Å². The molecule has 0 radical (unpaired) electrons.